The zero-order valence-electron chi connectivity index (χ0n) is 9.15. The van der Waals surface area contributed by atoms with E-state index in [1.165, 1.54) is 4.70 Å². The van der Waals surface area contributed by atoms with Crippen molar-refractivity contribution in [2.45, 2.75) is 18.2 Å². The molecule has 4 heteroatoms. The second-order valence-corrected chi connectivity index (χ2v) is 5.39. The largest absolute Gasteiger partial charge is 0.385 e. The minimum absolute atomic E-state index is 0.112. The summed E-state index contributed by atoms with van der Waals surface area (Å²) in [6.07, 6.45) is 1.69. The van der Waals surface area contributed by atoms with Gasteiger partial charge in [-0.1, -0.05) is 12.1 Å². The van der Waals surface area contributed by atoms with Crippen molar-refractivity contribution >= 4 is 33.2 Å². The number of aromatic nitrogens is 1. The van der Waals surface area contributed by atoms with Gasteiger partial charge in [0.05, 0.1) is 15.2 Å². The summed E-state index contributed by atoms with van der Waals surface area (Å²) in [7, 11) is 1.70. The van der Waals surface area contributed by atoms with Gasteiger partial charge in [-0.05, 0) is 18.6 Å². The molecule has 0 amide bonds. The number of nitrogens with zero attached hydrogens (tertiary/aromatic N) is 1. The van der Waals surface area contributed by atoms with E-state index in [1.807, 2.05) is 18.2 Å². The Kier molecular flexibility index (Phi) is 4.16. The van der Waals surface area contributed by atoms with E-state index in [-0.39, 0.29) is 5.38 Å². The molecule has 1 atom stereocenters. The van der Waals surface area contributed by atoms with E-state index in [2.05, 4.69) is 11.1 Å². The van der Waals surface area contributed by atoms with Crippen LogP contribution in [0.15, 0.2) is 24.3 Å². The Labute approximate surface area is 104 Å². The molecule has 0 fully saturated rings. The Balaban J connectivity index is 2.03. The number of rotatable bonds is 5. The Bertz CT molecular complexity index is 424. The van der Waals surface area contributed by atoms with E-state index < -0.39 is 0 Å². The molecular formula is C12H14ClNOS. The van der Waals surface area contributed by atoms with Crippen molar-refractivity contribution in [1.82, 2.24) is 4.98 Å². The molecule has 86 valence electrons. The van der Waals surface area contributed by atoms with Gasteiger partial charge in [-0.2, -0.15) is 0 Å². The summed E-state index contributed by atoms with van der Waals surface area (Å²) in [5, 5.41) is 1.22. The van der Waals surface area contributed by atoms with E-state index in [9.17, 15) is 0 Å². The molecule has 0 saturated carbocycles. The maximum absolute atomic E-state index is 6.21. The number of methoxy groups -OCH3 is 1. The summed E-state index contributed by atoms with van der Waals surface area (Å²) >= 11 is 7.93. The van der Waals surface area contributed by atoms with E-state index in [0.29, 0.717) is 6.61 Å². The molecule has 2 rings (SSSR count). The topological polar surface area (TPSA) is 22.1 Å². The van der Waals surface area contributed by atoms with Crippen LogP contribution in [0.2, 0.25) is 0 Å². The number of hydrogen-bond donors (Lipinski definition) is 0. The molecular weight excluding hydrogens is 242 g/mol. The Morgan fingerprint density at radius 2 is 2.25 bits per heavy atom. The zero-order chi connectivity index (χ0) is 11.4. The molecule has 0 radical (unpaired) electrons. The van der Waals surface area contributed by atoms with E-state index in [0.717, 1.165) is 23.4 Å². The monoisotopic (exact) mass is 255 g/mol. The van der Waals surface area contributed by atoms with Crippen LogP contribution in [0.4, 0.5) is 0 Å². The van der Waals surface area contributed by atoms with Crippen molar-refractivity contribution in [2.24, 2.45) is 0 Å². The minimum atomic E-state index is 0.112. The fraction of sp³-hybridized carbons (Fsp3) is 0.417. The average Bonchev–Trinajstić information content (AvgIpc) is 2.68. The van der Waals surface area contributed by atoms with Crippen molar-refractivity contribution in [2.75, 3.05) is 13.7 Å². The third-order valence-corrected chi connectivity index (χ3v) is 3.80. The Hall–Kier alpha value is -0.640. The van der Waals surface area contributed by atoms with Crippen molar-refractivity contribution in [3.8, 4) is 0 Å². The fourth-order valence-corrected chi connectivity index (χ4v) is 2.92. The highest BCUT2D eigenvalue weighted by Crippen LogP contribution is 2.23. The molecule has 1 aromatic carbocycles. The van der Waals surface area contributed by atoms with Gasteiger partial charge in [0.1, 0.15) is 0 Å². The quantitative estimate of drug-likeness (QED) is 0.763. The standard InChI is InChI=1S/C12H14ClNOS/c1-15-7-6-9(13)8-12-14-10-4-2-3-5-11(10)16-12/h2-5,9H,6-8H2,1H3. The maximum Gasteiger partial charge on any atom is 0.0953 e. The molecule has 0 aliphatic carbocycles. The zero-order valence-corrected chi connectivity index (χ0v) is 10.7. The number of fused-ring (bicyclic) bond motifs is 1. The first-order valence-electron chi connectivity index (χ1n) is 5.27. The van der Waals surface area contributed by atoms with Crippen LogP contribution in [0.1, 0.15) is 11.4 Å². The van der Waals surface area contributed by atoms with E-state index >= 15 is 0 Å². The van der Waals surface area contributed by atoms with Gasteiger partial charge in [-0.25, -0.2) is 4.98 Å². The van der Waals surface area contributed by atoms with Crippen LogP contribution < -0.4 is 0 Å². The molecule has 16 heavy (non-hydrogen) atoms. The first kappa shape index (κ1) is 11.8. The maximum atomic E-state index is 6.21. The van der Waals surface area contributed by atoms with Crippen molar-refractivity contribution < 1.29 is 4.74 Å². The lowest BCUT2D eigenvalue weighted by atomic mass is 10.2. The fourth-order valence-electron chi connectivity index (χ4n) is 1.54. The molecule has 2 nitrogen and oxygen atoms in total. The average molecular weight is 256 g/mol. The lowest BCUT2D eigenvalue weighted by Gasteiger charge is -2.05. The summed E-state index contributed by atoms with van der Waals surface area (Å²) in [4.78, 5) is 4.55. The number of hydrogen-bond acceptors (Lipinski definition) is 3. The van der Waals surface area contributed by atoms with Gasteiger partial charge in [-0.3, -0.25) is 0 Å². The number of thiazole rings is 1. The van der Waals surface area contributed by atoms with Crippen LogP contribution in [0.25, 0.3) is 10.2 Å². The predicted molar refractivity (Wildman–Crippen MR) is 69.5 cm³/mol. The van der Waals surface area contributed by atoms with Gasteiger partial charge in [0.25, 0.3) is 0 Å². The van der Waals surface area contributed by atoms with Crippen LogP contribution in [0.3, 0.4) is 0 Å². The Morgan fingerprint density at radius 3 is 3.00 bits per heavy atom. The molecule has 0 aliphatic rings. The summed E-state index contributed by atoms with van der Waals surface area (Å²) in [5.74, 6) is 0. The second kappa shape index (κ2) is 5.62. The second-order valence-electron chi connectivity index (χ2n) is 3.66. The van der Waals surface area contributed by atoms with E-state index in [4.69, 9.17) is 16.3 Å². The summed E-state index contributed by atoms with van der Waals surface area (Å²) in [5.41, 5.74) is 1.07. The third kappa shape index (κ3) is 2.94. The van der Waals surface area contributed by atoms with E-state index in [1.54, 1.807) is 18.4 Å². The SMILES string of the molecule is COCCC(Cl)Cc1nc2ccccc2s1. The van der Waals surface area contributed by atoms with Crippen molar-refractivity contribution in [3.05, 3.63) is 29.3 Å². The smallest absolute Gasteiger partial charge is 0.0953 e. The molecule has 0 saturated heterocycles. The Morgan fingerprint density at radius 1 is 1.44 bits per heavy atom. The van der Waals surface area contributed by atoms with Gasteiger partial charge in [0.2, 0.25) is 0 Å². The molecule has 0 spiro atoms. The third-order valence-electron chi connectivity index (χ3n) is 2.37. The van der Waals surface area contributed by atoms with Crippen LogP contribution in [-0.2, 0) is 11.2 Å². The first-order valence-corrected chi connectivity index (χ1v) is 6.52. The molecule has 0 bridgehead atoms. The van der Waals surface area contributed by atoms with Gasteiger partial charge in [0.15, 0.2) is 0 Å². The molecule has 1 unspecified atom stereocenters. The van der Waals surface area contributed by atoms with Crippen LogP contribution in [-0.4, -0.2) is 24.1 Å². The van der Waals surface area contributed by atoms with Crippen molar-refractivity contribution in [1.29, 1.82) is 0 Å². The highest BCUT2D eigenvalue weighted by Gasteiger charge is 2.09. The lowest BCUT2D eigenvalue weighted by Crippen LogP contribution is -2.06. The normalized spacial score (nSPS) is 13.1. The lowest BCUT2D eigenvalue weighted by molar-refractivity contribution is 0.194. The number of halogens is 1. The summed E-state index contributed by atoms with van der Waals surface area (Å²) in [6.45, 7) is 0.707. The van der Waals surface area contributed by atoms with Crippen LogP contribution >= 0.6 is 22.9 Å². The minimum Gasteiger partial charge on any atom is -0.385 e. The predicted octanol–water partition coefficient (Wildman–Crippen LogP) is 3.48. The summed E-state index contributed by atoms with van der Waals surface area (Å²) < 4.78 is 6.24. The van der Waals surface area contributed by atoms with Gasteiger partial charge in [0, 0.05) is 25.5 Å². The van der Waals surface area contributed by atoms with Gasteiger partial charge < -0.3 is 4.74 Å². The number of alkyl halides is 1. The molecule has 1 heterocycles. The molecule has 1 aromatic heterocycles. The number of benzene rings is 1. The van der Waals surface area contributed by atoms with Crippen molar-refractivity contribution in [3.63, 3.8) is 0 Å². The number of ether oxygens (including phenoxy) is 1. The first-order chi connectivity index (χ1) is 7.79. The van der Waals surface area contributed by atoms with Gasteiger partial charge in [-0.15, -0.1) is 22.9 Å². The molecule has 0 N–H and O–H groups in total. The molecule has 2 aromatic rings. The van der Waals surface area contributed by atoms with Gasteiger partial charge >= 0.3 is 0 Å². The van der Waals surface area contributed by atoms with Crippen LogP contribution in [0.5, 0.6) is 0 Å². The highest BCUT2D eigenvalue weighted by molar-refractivity contribution is 7.18. The molecule has 0 aliphatic heterocycles. The number of para-hydroxylation sites is 1. The van der Waals surface area contributed by atoms with Crippen LogP contribution in [0, 0.1) is 0 Å². The summed E-state index contributed by atoms with van der Waals surface area (Å²) in [6, 6.07) is 8.17. The highest BCUT2D eigenvalue weighted by atomic mass is 35.5.